The van der Waals surface area contributed by atoms with Gasteiger partial charge >= 0.3 is 0 Å². The van der Waals surface area contributed by atoms with Crippen LogP contribution in [0.3, 0.4) is 0 Å². The summed E-state index contributed by atoms with van der Waals surface area (Å²) in [6.45, 7) is 2.74. The Hall–Kier alpha value is -1.65. The molecule has 1 aromatic carbocycles. The van der Waals surface area contributed by atoms with Gasteiger partial charge in [-0.15, -0.1) is 0 Å². The fourth-order valence-electron chi connectivity index (χ4n) is 2.70. The van der Waals surface area contributed by atoms with Crippen molar-refractivity contribution in [1.82, 2.24) is 9.78 Å². The van der Waals surface area contributed by atoms with Crippen molar-refractivity contribution in [2.75, 3.05) is 6.61 Å². The summed E-state index contributed by atoms with van der Waals surface area (Å²) in [5.41, 5.74) is 1.79. The third-order valence-electron chi connectivity index (χ3n) is 3.82. The van der Waals surface area contributed by atoms with E-state index in [-0.39, 0.29) is 12.0 Å². The van der Waals surface area contributed by atoms with E-state index in [1.807, 2.05) is 43.3 Å². The van der Waals surface area contributed by atoms with Crippen LogP contribution in [0, 0.1) is 5.92 Å². The fraction of sp³-hybridized carbons (Fsp3) is 0.400. The second-order valence-electron chi connectivity index (χ2n) is 4.98. The van der Waals surface area contributed by atoms with E-state index in [4.69, 9.17) is 4.74 Å². The topological polar surface area (TPSA) is 47.3 Å². The lowest BCUT2D eigenvalue weighted by Gasteiger charge is -2.21. The van der Waals surface area contributed by atoms with E-state index in [0.29, 0.717) is 0 Å². The average Bonchev–Trinajstić information content (AvgIpc) is 3.07. The molecule has 0 bridgehead atoms. The van der Waals surface area contributed by atoms with Crippen LogP contribution in [0.25, 0.3) is 5.69 Å². The lowest BCUT2D eigenvalue weighted by molar-refractivity contribution is 0.0399. The standard InChI is InChI=1S/C15H18N2O2/c1-11-13(8-10-19-11)15(18)14-7-9-16-17(14)12-5-3-2-4-6-12/h2-7,9,11,13,15,18H,8,10H2,1H3. The monoisotopic (exact) mass is 258 g/mol. The lowest BCUT2D eigenvalue weighted by atomic mass is 9.93. The van der Waals surface area contributed by atoms with E-state index in [0.717, 1.165) is 24.4 Å². The van der Waals surface area contributed by atoms with Gasteiger partial charge in [-0.25, -0.2) is 4.68 Å². The first-order chi connectivity index (χ1) is 9.27. The third kappa shape index (κ3) is 2.29. The summed E-state index contributed by atoms with van der Waals surface area (Å²) in [7, 11) is 0. The number of hydrogen-bond acceptors (Lipinski definition) is 3. The summed E-state index contributed by atoms with van der Waals surface area (Å²) < 4.78 is 7.34. The van der Waals surface area contributed by atoms with Crippen LogP contribution in [-0.2, 0) is 4.74 Å². The number of aliphatic hydroxyl groups is 1. The van der Waals surface area contributed by atoms with Crippen LogP contribution in [0.15, 0.2) is 42.6 Å². The van der Waals surface area contributed by atoms with Gasteiger partial charge in [0.2, 0.25) is 0 Å². The second kappa shape index (κ2) is 5.15. The average molecular weight is 258 g/mol. The van der Waals surface area contributed by atoms with Gasteiger partial charge in [-0.05, 0) is 31.5 Å². The molecule has 1 N–H and O–H groups in total. The maximum absolute atomic E-state index is 10.6. The molecule has 0 spiro atoms. The number of hydrogen-bond donors (Lipinski definition) is 1. The number of aliphatic hydroxyl groups excluding tert-OH is 1. The first-order valence-electron chi connectivity index (χ1n) is 6.66. The summed E-state index contributed by atoms with van der Waals surface area (Å²) in [5, 5.41) is 14.9. The summed E-state index contributed by atoms with van der Waals surface area (Å²) in [6.07, 6.45) is 2.17. The van der Waals surface area contributed by atoms with Crippen LogP contribution in [0.5, 0.6) is 0 Å². The van der Waals surface area contributed by atoms with Crippen LogP contribution in [0.2, 0.25) is 0 Å². The summed E-state index contributed by atoms with van der Waals surface area (Å²) >= 11 is 0. The van der Waals surface area contributed by atoms with Gasteiger partial charge in [-0.1, -0.05) is 18.2 Å². The molecule has 0 amide bonds. The Balaban J connectivity index is 1.92. The number of ether oxygens (including phenoxy) is 1. The maximum Gasteiger partial charge on any atom is 0.101 e. The van der Waals surface area contributed by atoms with Crippen molar-refractivity contribution in [3.05, 3.63) is 48.3 Å². The minimum Gasteiger partial charge on any atom is -0.386 e. The van der Waals surface area contributed by atoms with Crippen LogP contribution in [-0.4, -0.2) is 27.6 Å². The third-order valence-corrected chi connectivity index (χ3v) is 3.82. The number of benzene rings is 1. The van der Waals surface area contributed by atoms with E-state index in [9.17, 15) is 5.11 Å². The molecule has 1 fully saturated rings. The van der Waals surface area contributed by atoms with Crippen molar-refractivity contribution in [2.24, 2.45) is 5.92 Å². The SMILES string of the molecule is CC1OCCC1C(O)c1ccnn1-c1ccccc1. The van der Waals surface area contributed by atoms with Crippen molar-refractivity contribution in [1.29, 1.82) is 0 Å². The van der Waals surface area contributed by atoms with E-state index < -0.39 is 6.10 Å². The number of nitrogens with zero attached hydrogens (tertiary/aromatic N) is 2. The van der Waals surface area contributed by atoms with E-state index in [1.54, 1.807) is 10.9 Å². The van der Waals surface area contributed by atoms with Crippen molar-refractivity contribution in [3.8, 4) is 5.69 Å². The van der Waals surface area contributed by atoms with Crippen LogP contribution < -0.4 is 0 Å². The smallest absolute Gasteiger partial charge is 0.101 e. The Bertz CT molecular complexity index is 538. The maximum atomic E-state index is 10.6. The minimum absolute atomic E-state index is 0.0918. The Morgan fingerprint density at radius 1 is 1.32 bits per heavy atom. The predicted octanol–water partition coefficient (Wildman–Crippen LogP) is 2.33. The van der Waals surface area contributed by atoms with Crippen LogP contribution in [0.1, 0.15) is 25.1 Å². The van der Waals surface area contributed by atoms with Gasteiger partial charge in [0.05, 0.1) is 17.5 Å². The second-order valence-corrected chi connectivity index (χ2v) is 4.98. The van der Waals surface area contributed by atoms with E-state index >= 15 is 0 Å². The Morgan fingerprint density at radius 2 is 2.11 bits per heavy atom. The van der Waals surface area contributed by atoms with Gasteiger partial charge in [-0.2, -0.15) is 5.10 Å². The number of rotatable bonds is 3. The fourth-order valence-corrected chi connectivity index (χ4v) is 2.70. The number of aromatic nitrogens is 2. The highest BCUT2D eigenvalue weighted by Gasteiger charge is 2.33. The molecule has 4 heteroatoms. The molecule has 1 aliphatic rings. The lowest BCUT2D eigenvalue weighted by Crippen LogP contribution is -2.22. The van der Waals surface area contributed by atoms with Crippen molar-refractivity contribution in [2.45, 2.75) is 25.6 Å². The van der Waals surface area contributed by atoms with Gasteiger partial charge in [0.25, 0.3) is 0 Å². The highest BCUT2D eigenvalue weighted by Crippen LogP contribution is 2.33. The van der Waals surface area contributed by atoms with Crippen LogP contribution in [0.4, 0.5) is 0 Å². The quantitative estimate of drug-likeness (QED) is 0.919. The molecular weight excluding hydrogens is 240 g/mol. The van der Waals surface area contributed by atoms with Crippen LogP contribution >= 0.6 is 0 Å². The first-order valence-corrected chi connectivity index (χ1v) is 6.66. The molecule has 19 heavy (non-hydrogen) atoms. The van der Waals surface area contributed by atoms with Gasteiger partial charge in [0.15, 0.2) is 0 Å². The molecular formula is C15H18N2O2. The molecule has 1 aliphatic heterocycles. The zero-order valence-corrected chi connectivity index (χ0v) is 10.9. The highest BCUT2D eigenvalue weighted by molar-refractivity contribution is 5.33. The van der Waals surface area contributed by atoms with Crippen molar-refractivity contribution < 1.29 is 9.84 Å². The van der Waals surface area contributed by atoms with E-state index in [1.165, 1.54) is 0 Å². The molecule has 3 unspecified atom stereocenters. The molecule has 0 saturated carbocycles. The van der Waals surface area contributed by atoms with Gasteiger partial charge in [0.1, 0.15) is 6.10 Å². The molecule has 3 atom stereocenters. The zero-order valence-electron chi connectivity index (χ0n) is 10.9. The summed E-state index contributed by atoms with van der Waals surface area (Å²) in [6, 6.07) is 11.7. The van der Waals surface area contributed by atoms with Crippen molar-refractivity contribution in [3.63, 3.8) is 0 Å². The molecule has 4 nitrogen and oxygen atoms in total. The Labute approximate surface area is 112 Å². The molecule has 1 saturated heterocycles. The molecule has 3 rings (SSSR count). The van der Waals surface area contributed by atoms with Gasteiger partial charge < -0.3 is 9.84 Å². The molecule has 100 valence electrons. The highest BCUT2D eigenvalue weighted by atomic mass is 16.5. The molecule has 0 radical (unpaired) electrons. The minimum atomic E-state index is -0.541. The normalized spacial score (nSPS) is 24.5. The van der Waals surface area contributed by atoms with E-state index in [2.05, 4.69) is 5.10 Å². The predicted molar refractivity (Wildman–Crippen MR) is 72.0 cm³/mol. The molecule has 2 aromatic rings. The summed E-state index contributed by atoms with van der Waals surface area (Å²) in [4.78, 5) is 0. The van der Waals surface area contributed by atoms with Gasteiger partial charge in [0, 0.05) is 18.7 Å². The largest absolute Gasteiger partial charge is 0.386 e. The summed E-state index contributed by atoms with van der Waals surface area (Å²) in [5.74, 6) is 0.138. The Morgan fingerprint density at radius 3 is 2.79 bits per heavy atom. The Kier molecular flexibility index (Phi) is 3.36. The zero-order chi connectivity index (χ0) is 13.2. The molecule has 1 aromatic heterocycles. The van der Waals surface area contributed by atoms with Crippen molar-refractivity contribution >= 4 is 0 Å². The van der Waals surface area contributed by atoms with Gasteiger partial charge in [-0.3, -0.25) is 0 Å². The molecule has 0 aliphatic carbocycles. The molecule has 2 heterocycles. The number of para-hydroxylation sites is 1. The first kappa shape index (κ1) is 12.4.